The molecule has 3 saturated heterocycles. The number of aliphatic hydroxyl groups is 11. The summed E-state index contributed by atoms with van der Waals surface area (Å²) >= 11 is 0. The smallest absolute Gasteiger partial charge is 0.220 e. The molecule has 3 fully saturated rings. The first-order valence-electron chi connectivity index (χ1n) is 34.8. The third kappa shape index (κ3) is 34.7. The van der Waals surface area contributed by atoms with Crippen LogP contribution in [-0.4, -0.2) is 193 Å². The highest BCUT2D eigenvalue weighted by molar-refractivity contribution is 5.76. The van der Waals surface area contributed by atoms with E-state index in [1.807, 2.05) is 6.08 Å². The zero-order valence-electron chi connectivity index (χ0n) is 55.5. The molecule has 12 N–H and O–H groups in total. The molecule has 0 aromatic heterocycles. The number of carbonyl (C=O) groups excluding carboxylic acids is 1. The number of ether oxygens (including phenoxy) is 6. The Balaban J connectivity index is 1.45. The van der Waals surface area contributed by atoms with E-state index in [0.29, 0.717) is 12.8 Å². The minimum absolute atomic E-state index is 0.210. The van der Waals surface area contributed by atoms with Crippen LogP contribution >= 0.6 is 0 Å². The molecular weight excluding hydrogens is 1180 g/mol. The lowest BCUT2D eigenvalue weighted by atomic mass is 9.96. The molecule has 3 aliphatic rings. The predicted molar refractivity (Wildman–Crippen MR) is 360 cm³/mol. The Morgan fingerprint density at radius 1 is 0.402 bits per heavy atom. The summed E-state index contributed by atoms with van der Waals surface area (Å²) in [5.74, 6) is -0.307. The largest absolute Gasteiger partial charge is 0.394 e. The maximum absolute atomic E-state index is 13.4. The molecule has 92 heavy (non-hydrogen) atoms. The molecule has 0 bridgehead atoms. The second-order valence-corrected chi connectivity index (χ2v) is 24.2. The van der Waals surface area contributed by atoms with Gasteiger partial charge in [0.2, 0.25) is 5.91 Å². The highest BCUT2D eigenvalue weighted by Crippen LogP contribution is 2.33. The van der Waals surface area contributed by atoms with Gasteiger partial charge in [-0.25, -0.2) is 0 Å². The molecule has 17 atom stereocenters. The van der Waals surface area contributed by atoms with E-state index in [1.165, 1.54) is 51.4 Å². The van der Waals surface area contributed by atoms with E-state index in [9.17, 15) is 61.0 Å². The van der Waals surface area contributed by atoms with Crippen LogP contribution in [0.4, 0.5) is 0 Å². The number of amides is 1. The summed E-state index contributed by atoms with van der Waals surface area (Å²) in [5.41, 5.74) is 0. The minimum atomic E-state index is -1.99. The number of nitrogens with one attached hydrogen (secondary N) is 1. The van der Waals surface area contributed by atoms with Gasteiger partial charge in [0.05, 0.1) is 38.6 Å². The monoisotopic (exact) mass is 1300 g/mol. The summed E-state index contributed by atoms with van der Waals surface area (Å²) in [6.07, 6.45) is 45.9. The van der Waals surface area contributed by atoms with Gasteiger partial charge < -0.3 is 89.9 Å². The molecule has 17 unspecified atom stereocenters. The van der Waals surface area contributed by atoms with Gasteiger partial charge in [-0.3, -0.25) is 4.79 Å². The fourth-order valence-electron chi connectivity index (χ4n) is 10.8. The van der Waals surface area contributed by atoms with Crippen molar-refractivity contribution in [3.63, 3.8) is 0 Å². The van der Waals surface area contributed by atoms with Crippen molar-refractivity contribution in [3.05, 3.63) is 122 Å². The number of unbranched alkanes of at least 4 members (excludes halogenated alkanes) is 17. The van der Waals surface area contributed by atoms with Crippen LogP contribution in [0.3, 0.4) is 0 Å². The van der Waals surface area contributed by atoms with Crippen molar-refractivity contribution in [2.45, 2.75) is 304 Å². The summed E-state index contributed by atoms with van der Waals surface area (Å²) in [5, 5.41) is 120. The van der Waals surface area contributed by atoms with E-state index in [-0.39, 0.29) is 18.9 Å². The average molecular weight is 1300 g/mol. The topological polar surface area (TPSA) is 307 Å². The standard InChI is InChI=1S/C73H121NO18/c1-3-5-7-9-11-13-15-17-19-21-23-24-25-26-27-28-29-30-31-32-33-35-37-39-41-43-45-47-49-51-61(79)74-56(57(78)50-48-46-44-42-40-38-36-34-22-20-18-16-14-12-10-8-6-4-2)55-87-71-67(85)64(82)69(59(53-76)89-71)92-73-68(86)65(83)70(60(54-77)90-73)91-72-66(84)63(81)62(80)58(52-75)88-72/h5,7,11,13,17,19,22-24,26-27,29-30,32-34,40,42,48,50,56-60,62-73,75-78,80-86H,3-4,6,8-10,12,14-16,18,20-21,25,28,31,35-39,41,43-47,49,51-55H2,1-2H3,(H,74,79)/b7-5-,13-11-,19-17-,24-23-,27-26-,30-29-,33-32-,34-22+,42-40+,50-48+. The van der Waals surface area contributed by atoms with Crippen LogP contribution in [0.1, 0.15) is 200 Å². The summed E-state index contributed by atoms with van der Waals surface area (Å²) in [6, 6.07) is -1.01. The second kappa shape index (κ2) is 53.3. The van der Waals surface area contributed by atoms with Crippen molar-refractivity contribution in [1.82, 2.24) is 5.32 Å². The lowest BCUT2D eigenvalue weighted by molar-refractivity contribution is -0.379. The van der Waals surface area contributed by atoms with Gasteiger partial charge in [0, 0.05) is 6.42 Å². The van der Waals surface area contributed by atoms with Crippen LogP contribution in [0.15, 0.2) is 122 Å². The van der Waals surface area contributed by atoms with Crippen molar-refractivity contribution in [2.24, 2.45) is 0 Å². The normalized spacial score (nSPS) is 28.5. The van der Waals surface area contributed by atoms with Crippen molar-refractivity contribution >= 4 is 5.91 Å². The fraction of sp³-hybridized carbons (Fsp3) is 0.712. The molecule has 0 radical (unpaired) electrons. The molecule has 3 heterocycles. The van der Waals surface area contributed by atoms with Gasteiger partial charge >= 0.3 is 0 Å². The molecule has 0 spiro atoms. The van der Waals surface area contributed by atoms with Crippen LogP contribution < -0.4 is 5.32 Å². The van der Waals surface area contributed by atoms with Crippen LogP contribution in [0.2, 0.25) is 0 Å². The molecular formula is C73H121NO18. The Morgan fingerprint density at radius 2 is 0.761 bits per heavy atom. The average Bonchev–Trinajstić information content (AvgIpc) is 0.834. The van der Waals surface area contributed by atoms with E-state index in [1.54, 1.807) is 6.08 Å². The number of rotatable bonds is 51. The van der Waals surface area contributed by atoms with Crippen LogP contribution in [0.5, 0.6) is 0 Å². The van der Waals surface area contributed by atoms with Gasteiger partial charge in [0.15, 0.2) is 18.9 Å². The molecule has 0 aromatic rings. The Kier molecular flexibility index (Phi) is 47.8. The van der Waals surface area contributed by atoms with E-state index in [0.717, 1.165) is 116 Å². The first kappa shape index (κ1) is 82.4. The molecule has 0 aromatic carbocycles. The van der Waals surface area contributed by atoms with Crippen molar-refractivity contribution < 1.29 is 89.4 Å². The van der Waals surface area contributed by atoms with Gasteiger partial charge in [0.1, 0.15) is 73.2 Å². The maximum Gasteiger partial charge on any atom is 0.220 e. The summed E-state index contributed by atoms with van der Waals surface area (Å²) in [4.78, 5) is 13.4. The molecule has 3 rings (SSSR count). The molecule has 19 heteroatoms. The lowest BCUT2D eigenvalue weighted by Gasteiger charge is -2.48. The van der Waals surface area contributed by atoms with E-state index in [2.05, 4.69) is 129 Å². The lowest BCUT2D eigenvalue weighted by Crippen LogP contribution is -2.66. The zero-order valence-corrected chi connectivity index (χ0v) is 55.5. The minimum Gasteiger partial charge on any atom is -0.394 e. The van der Waals surface area contributed by atoms with Crippen LogP contribution in [-0.2, 0) is 33.2 Å². The second-order valence-electron chi connectivity index (χ2n) is 24.2. The number of hydrogen-bond donors (Lipinski definition) is 12. The Hall–Kier alpha value is -3.81. The third-order valence-corrected chi connectivity index (χ3v) is 16.5. The third-order valence-electron chi connectivity index (χ3n) is 16.5. The number of carbonyl (C=O) groups is 1. The van der Waals surface area contributed by atoms with Crippen LogP contribution in [0, 0.1) is 0 Å². The van der Waals surface area contributed by atoms with Crippen molar-refractivity contribution in [3.8, 4) is 0 Å². The van der Waals surface area contributed by atoms with Crippen LogP contribution in [0.25, 0.3) is 0 Å². The number of aliphatic hydroxyl groups excluding tert-OH is 11. The zero-order chi connectivity index (χ0) is 66.8. The Morgan fingerprint density at radius 3 is 1.22 bits per heavy atom. The molecule has 0 saturated carbocycles. The van der Waals surface area contributed by atoms with E-state index >= 15 is 0 Å². The van der Waals surface area contributed by atoms with Gasteiger partial charge in [0.25, 0.3) is 0 Å². The maximum atomic E-state index is 13.4. The number of allylic oxidation sites excluding steroid dienone is 19. The highest BCUT2D eigenvalue weighted by Gasteiger charge is 2.53. The van der Waals surface area contributed by atoms with Crippen molar-refractivity contribution in [2.75, 3.05) is 26.4 Å². The van der Waals surface area contributed by atoms with Gasteiger partial charge in [-0.15, -0.1) is 0 Å². The fourth-order valence-corrected chi connectivity index (χ4v) is 10.8. The summed E-state index contributed by atoms with van der Waals surface area (Å²) in [6.45, 7) is 1.56. The van der Waals surface area contributed by atoms with Gasteiger partial charge in [-0.1, -0.05) is 212 Å². The van der Waals surface area contributed by atoms with Crippen molar-refractivity contribution in [1.29, 1.82) is 0 Å². The van der Waals surface area contributed by atoms with E-state index < -0.39 is 124 Å². The Bertz CT molecular complexity index is 2140. The van der Waals surface area contributed by atoms with Gasteiger partial charge in [-0.05, 0) is 103 Å². The highest BCUT2D eigenvalue weighted by atomic mass is 16.8. The summed E-state index contributed by atoms with van der Waals surface area (Å²) < 4.78 is 34.3. The molecule has 3 aliphatic heterocycles. The molecule has 19 nitrogen and oxygen atoms in total. The summed E-state index contributed by atoms with van der Waals surface area (Å²) in [7, 11) is 0. The molecule has 0 aliphatic carbocycles. The molecule has 526 valence electrons. The molecule has 1 amide bonds. The number of hydrogen-bond acceptors (Lipinski definition) is 18. The predicted octanol–water partition coefficient (Wildman–Crippen LogP) is 9.21. The first-order chi connectivity index (χ1) is 44.8. The van der Waals surface area contributed by atoms with Gasteiger partial charge in [-0.2, -0.15) is 0 Å². The Labute approximate surface area is 550 Å². The first-order valence-corrected chi connectivity index (χ1v) is 34.8. The van der Waals surface area contributed by atoms with E-state index in [4.69, 9.17) is 28.4 Å². The SMILES string of the molecule is CC/C=C\C/C=C\C/C=C\C/C=C\C/C=C\C/C=C\C/C=C\CCCCCCCCCC(=O)NC(COC1OC(CO)C(OC2OC(CO)C(OC3OC(CO)C(O)C(O)C3O)C(O)C2O)C(O)C1O)C(O)/C=C/CC/C=C/CC/C=C/CCCCCCCCCC. The quantitative estimate of drug-likeness (QED) is 0.0199.